The number of benzene rings is 1. The van der Waals surface area contributed by atoms with Gasteiger partial charge in [-0.15, -0.1) is 22.7 Å². The van der Waals surface area contributed by atoms with Crippen LogP contribution in [0, 0.1) is 0 Å². The summed E-state index contributed by atoms with van der Waals surface area (Å²) >= 11 is 2.98. The summed E-state index contributed by atoms with van der Waals surface area (Å²) in [4.78, 5) is 31.3. The lowest BCUT2D eigenvalue weighted by atomic mass is 10.2. The zero-order valence-corrected chi connectivity index (χ0v) is 17.8. The van der Waals surface area contributed by atoms with Crippen molar-refractivity contribution in [3.8, 4) is 16.1 Å². The fourth-order valence-electron chi connectivity index (χ4n) is 3.20. The lowest BCUT2D eigenvalue weighted by molar-refractivity contribution is -0.145. The third kappa shape index (κ3) is 3.92. The van der Waals surface area contributed by atoms with Gasteiger partial charge in [-0.2, -0.15) is 5.10 Å². The van der Waals surface area contributed by atoms with Crippen LogP contribution in [-0.4, -0.2) is 25.3 Å². The van der Waals surface area contributed by atoms with Crippen molar-refractivity contribution in [1.82, 2.24) is 19.3 Å². The number of carbonyl (C=O) groups is 1. The predicted molar refractivity (Wildman–Crippen MR) is 121 cm³/mol. The minimum Gasteiger partial charge on any atom is -0.458 e. The summed E-state index contributed by atoms with van der Waals surface area (Å²) in [6, 6.07) is 15.4. The molecule has 0 aliphatic rings. The van der Waals surface area contributed by atoms with Crippen molar-refractivity contribution in [3.63, 3.8) is 0 Å². The molecule has 4 heterocycles. The summed E-state index contributed by atoms with van der Waals surface area (Å²) in [5.41, 5.74) is 2.14. The van der Waals surface area contributed by atoms with Crippen LogP contribution < -0.4 is 5.56 Å². The Bertz CT molecular complexity index is 1400. The summed E-state index contributed by atoms with van der Waals surface area (Å²) in [7, 11) is 0. The van der Waals surface area contributed by atoms with Gasteiger partial charge in [0.05, 0.1) is 17.4 Å². The summed E-state index contributed by atoms with van der Waals surface area (Å²) in [6.45, 7) is -0.178. The van der Waals surface area contributed by atoms with Gasteiger partial charge in [-0.25, -0.2) is 9.67 Å². The highest BCUT2D eigenvalue weighted by Crippen LogP contribution is 2.33. The second-order valence-electron chi connectivity index (χ2n) is 6.73. The molecule has 0 amide bonds. The van der Waals surface area contributed by atoms with E-state index >= 15 is 0 Å². The minimum atomic E-state index is -0.523. The van der Waals surface area contributed by atoms with Gasteiger partial charge >= 0.3 is 5.97 Å². The van der Waals surface area contributed by atoms with E-state index in [1.54, 1.807) is 22.1 Å². The van der Waals surface area contributed by atoms with Gasteiger partial charge in [0.15, 0.2) is 0 Å². The van der Waals surface area contributed by atoms with E-state index in [9.17, 15) is 9.59 Å². The number of thiophene rings is 2. The maximum atomic E-state index is 13.0. The third-order valence-corrected chi connectivity index (χ3v) is 6.48. The van der Waals surface area contributed by atoms with Crippen molar-refractivity contribution >= 4 is 38.9 Å². The maximum absolute atomic E-state index is 13.0. The fraction of sp³-hybridized carbons (Fsp3) is 0.0909. The van der Waals surface area contributed by atoms with Gasteiger partial charge in [0.2, 0.25) is 0 Å². The molecule has 7 nitrogen and oxygen atoms in total. The Balaban J connectivity index is 1.30. The Morgan fingerprint density at radius 2 is 1.94 bits per heavy atom. The molecule has 0 saturated heterocycles. The molecule has 0 saturated carbocycles. The number of aromatic nitrogens is 4. The number of para-hydroxylation sites is 1. The number of rotatable bonds is 6. The summed E-state index contributed by atoms with van der Waals surface area (Å²) in [6.07, 6.45) is 3.20. The number of nitrogens with zero attached hydrogens (tertiary/aromatic N) is 4. The molecule has 0 fully saturated rings. The van der Waals surface area contributed by atoms with E-state index < -0.39 is 5.97 Å². The Kier molecular flexibility index (Phi) is 5.19. The summed E-state index contributed by atoms with van der Waals surface area (Å²) < 4.78 is 8.34. The fourth-order valence-corrected chi connectivity index (χ4v) is 4.92. The number of fused-ring (bicyclic) bond motifs is 1. The SMILES string of the molecule is O=C(Cn1cnc2scc(-c3cccs3)c2c1=O)OCc1ccn(-c2ccccc2)n1. The summed E-state index contributed by atoms with van der Waals surface area (Å²) in [5, 5.41) is 8.83. The van der Waals surface area contributed by atoms with Gasteiger partial charge in [-0.3, -0.25) is 14.2 Å². The first-order valence-electron chi connectivity index (χ1n) is 9.45. The highest BCUT2D eigenvalue weighted by atomic mass is 32.1. The van der Waals surface area contributed by atoms with Crippen LogP contribution in [0.25, 0.3) is 26.3 Å². The van der Waals surface area contributed by atoms with Crippen molar-refractivity contribution in [3.05, 3.63) is 87.9 Å². The van der Waals surface area contributed by atoms with Gasteiger partial charge < -0.3 is 4.74 Å². The number of hydrogen-bond acceptors (Lipinski definition) is 7. The molecule has 0 unspecified atom stereocenters. The van der Waals surface area contributed by atoms with Crippen LogP contribution in [0.3, 0.4) is 0 Å². The largest absolute Gasteiger partial charge is 0.458 e. The van der Waals surface area contributed by atoms with E-state index in [0.29, 0.717) is 15.9 Å². The lowest BCUT2D eigenvalue weighted by Crippen LogP contribution is -2.25. The third-order valence-electron chi connectivity index (χ3n) is 4.69. The van der Waals surface area contributed by atoms with Crippen molar-refractivity contribution in [2.24, 2.45) is 0 Å². The molecule has 4 aromatic heterocycles. The summed E-state index contributed by atoms with van der Waals surface area (Å²) in [5.74, 6) is -0.523. The molecule has 0 bridgehead atoms. The quantitative estimate of drug-likeness (QED) is 0.365. The van der Waals surface area contributed by atoms with Gasteiger partial charge in [-0.1, -0.05) is 24.3 Å². The highest BCUT2D eigenvalue weighted by Gasteiger charge is 2.16. The van der Waals surface area contributed by atoms with Crippen LogP contribution in [0.2, 0.25) is 0 Å². The lowest BCUT2D eigenvalue weighted by Gasteiger charge is -2.06. The standard InChI is InChI=1S/C22H16N4O3S2/c27-19(29-12-15-8-9-26(24-15)16-5-2-1-3-6-16)11-25-14-23-21-20(22(25)28)17(13-31-21)18-7-4-10-30-18/h1-10,13-14H,11-12H2. The molecular weight excluding hydrogens is 432 g/mol. The van der Waals surface area contributed by atoms with Gasteiger partial charge in [0, 0.05) is 22.0 Å². The van der Waals surface area contributed by atoms with Crippen LogP contribution in [0.15, 0.2) is 76.6 Å². The molecule has 5 rings (SSSR count). The number of ether oxygens (including phenoxy) is 1. The number of carbonyl (C=O) groups excluding carboxylic acids is 1. The molecule has 0 atom stereocenters. The van der Waals surface area contributed by atoms with Crippen LogP contribution in [0.1, 0.15) is 5.69 Å². The Labute approximate surface area is 184 Å². The molecule has 9 heteroatoms. The van der Waals surface area contributed by atoms with Crippen LogP contribution in [0.4, 0.5) is 0 Å². The first-order chi connectivity index (χ1) is 15.2. The molecule has 31 heavy (non-hydrogen) atoms. The number of hydrogen-bond donors (Lipinski definition) is 0. The van der Waals surface area contributed by atoms with E-state index in [1.165, 1.54) is 22.2 Å². The van der Waals surface area contributed by atoms with Crippen molar-refractivity contribution < 1.29 is 9.53 Å². The number of esters is 1. The van der Waals surface area contributed by atoms with Gasteiger partial charge in [0.1, 0.15) is 23.7 Å². The normalized spacial score (nSPS) is 11.1. The second-order valence-corrected chi connectivity index (χ2v) is 8.54. The molecule has 0 N–H and O–H groups in total. The minimum absolute atomic E-state index is 0.0297. The van der Waals surface area contributed by atoms with Crippen LogP contribution >= 0.6 is 22.7 Å². The zero-order valence-electron chi connectivity index (χ0n) is 16.2. The van der Waals surface area contributed by atoms with Crippen molar-refractivity contribution in [2.45, 2.75) is 13.2 Å². The maximum Gasteiger partial charge on any atom is 0.326 e. The van der Waals surface area contributed by atoms with E-state index in [-0.39, 0.29) is 18.7 Å². The molecular formula is C22H16N4O3S2. The molecule has 0 aliphatic carbocycles. The molecule has 1 aromatic carbocycles. The van der Waals surface area contributed by atoms with Crippen LogP contribution in [-0.2, 0) is 22.7 Å². The van der Waals surface area contributed by atoms with E-state index in [2.05, 4.69) is 10.1 Å². The molecule has 0 spiro atoms. The van der Waals surface area contributed by atoms with Crippen LogP contribution in [0.5, 0.6) is 0 Å². The predicted octanol–water partition coefficient (Wildman–Crippen LogP) is 4.12. The molecule has 0 aliphatic heterocycles. The monoisotopic (exact) mass is 448 g/mol. The smallest absolute Gasteiger partial charge is 0.326 e. The Morgan fingerprint density at radius 3 is 2.74 bits per heavy atom. The van der Waals surface area contributed by atoms with Gasteiger partial charge in [-0.05, 0) is 29.6 Å². The van der Waals surface area contributed by atoms with E-state index in [4.69, 9.17) is 4.74 Å². The second kappa shape index (κ2) is 8.29. The molecule has 5 aromatic rings. The topological polar surface area (TPSA) is 79.0 Å². The van der Waals surface area contributed by atoms with E-state index in [1.807, 2.05) is 59.4 Å². The Morgan fingerprint density at radius 1 is 1.06 bits per heavy atom. The highest BCUT2D eigenvalue weighted by molar-refractivity contribution is 7.18. The average molecular weight is 449 g/mol. The van der Waals surface area contributed by atoms with Crippen molar-refractivity contribution in [2.75, 3.05) is 0 Å². The first-order valence-corrected chi connectivity index (χ1v) is 11.2. The average Bonchev–Trinajstić information content (AvgIpc) is 3.55. The van der Waals surface area contributed by atoms with Gasteiger partial charge in [0.25, 0.3) is 5.56 Å². The zero-order chi connectivity index (χ0) is 21.2. The Hall–Kier alpha value is -3.56. The first kappa shape index (κ1) is 19.4. The molecule has 0 radical (unpaired) electrons. The molecule has 154 valence electrons. The van der Waals surface area contributed by atoms with Crippen molar-refractivity contribution in [1.29, 1.82) is 0 Å². The van der Waals surface area contributed by atoms with E-state index in [0.717, 1.165) is 16.1 Å².